The van der Waals surface area contributed by atoms with E-state index in [1.807, 2.05) is 0 Å². The average Bonchev–Trinajstić information content (AvgIpc) is 2.23. The van der Waals surface area contributed by atoms with Crippen LogP contribution in [0.1, 0.15) is 33.6 Å². The second kappa shape index (κ2) is 9.44. The molecule has 0 aliphatic rings. The highest BCUT2D eigenvalue weighted by molar-refractivity contribution is 4.67. The maximum absolute atomic E-state index is 9.13. The van der Waals surface area contributed by atoms with Crippen LogP contribution in [0.4, 0.5) is 0 Å². The molecule has 0 rings (SSSR count). The van der Waals surface area contributed by atoms with Gasteiger partial charge in [0.25, 0.3) is 0 Å². The van der Waals surface area contributed by atoms with Gasteiger partial charge >= 0.3 is 0 Å². The van der Waals surface area contributed by atoms with E-state index in [2.05, 4.69) is 31.0 Å². The summed E-state index contributed by atoms with van der Waals surface area (Å²) in [6, 6.07) is 0.274. The van der Waals surface area contributed by atoms with Crippen LogP contribution >= 0.6 is 0 Å². The lowest BCUT2D eigenvalue weighted by Gasteiger charge is -2.22. The molecule has 0 saturated heterocycles. The Morgan fingerprint density at radius 2 is 1.86 bits per heavy atom. The van der Waals surface area contributed by atoms with Crippen molar-refractivity contribution in [1.29, 1.82) is 0 Å². The van der Waals surface area contributed by atoms with Crippen molar-refractivity contribution in [2.24, 2.45) is 0 Å². The molecule has 0 aromatic rings. The number of nitrogens with zero attached hydrogens (tertiary/aromatic N) is 1. The molecule has 1 unspecified atom stereocenters. The van der Waals surface area contributed by atoms with Crippen molar-refractivity contribution in [3.05, 3.63) is 0 Å². The summed E-state index contributed by atoms with van der Waals surface area (Å²) in [7, 11) is 0. The van der Waals surface area contributed by atoms with E-state index in [4.69, 9.17) is 5.11 Å². The second-order valence-corrected chi connectivity index (χ2v) is 3.65. The van der Waals surface area contributed by atoms with Crippen LogP contribution in [-0.4, -0.2) is 48.8 Å². The number of rotatable bonds is 9. The van der Waals surface area contributed by atoms with E-state index < -0.39 is 0 Å². The minimum Gasteiger partial charge on any atom is -0.395 e. The number of aliphatic hydroxyl groups is 1. The Kier molecular flexibility index (Phi) is 9.35. The first-order valence-electron chi connectivity index (χ1n) is 5.84. The van der Waals surface area contributed by atoms with Gasteiger partial charge in [0.1, 0.15) is 0 Å². The molecule has 3 nitrogen and oxygen atoms in total. The highest BCUT2D eigenvalue weighted by Crippen LogP contribution is 1.96. The zero-order valence-corrected chi connectivity index (χ0v) is 9.92. The topological polar surface area (TPSA) is 35.5 Å². The first-order valence-corrected chi connectivity index (χ1v) is 5.84. The van der Waals surface area contributed by atoms with Gasteiger partial charge in [-0.1, -0.05) is 20.8 Å². The Balaban J connectivity index is 3.59. The Hall–Kier alpha value is -0.120. The van der Waals surface area contributed by atoms with Crippen LogP contribution in [0.2, 0.25) is 0 Å². The molecule has 0 heterocycles. The Labute approximate surface area is 88.5 Å². The fourth-order valence-electron chi connectivity index (χ4n) is 1.48. The second-order valence-electron chi connectivity index (χ2n) is 3.65. The van der Waals surface area contributed by atoms with Gasteiger partial charge in [-0.25, -0.2) is 0 Å². The van der Waals surface area contributed by atoms with Crippen LogP contribution in [0.5, 0.6) is 0 Å². The third kappa shape index (κ3) is 6.35. The Morgan fingerprint density at radius 1 is 1.21 bits per heavy atom. The first kappa shape index (κ1) is 13.9. The predicted molar refractivity (Wildman–Crippen MR) is 61.6 cm³/mol. The van der Waals surface area contributed by atoms with E-state index in [0.29, 0.717) is 0 Å². The fraction of sp³-hybridized carbons (Fsp3) is 1.00. The molecule has 0 bridgehead atoms. The molecule has 0 saturated carbocycles. The zero-order chi connectivity index (χ0) is 10.8. The first-order chi connectivity index (χ1) is 6.78. The number of aliphatic hydroxyl groups excluding tert-OH is 1. The molecule has 0 aromatic carbocycles. The Bertz CT molecular complexity index is 116. The van der Waals surface area contributed by atoms with E-state index in [1.165, 1.54) is 0 Å². The molecule has 1 atom stereocenters. The van der Waals surface area contributed by atoms with Crippen molar-refractivity contribution in [2.75, 3.05) is 32.8 Å². The lowest BCUT2D eigenvalue weighted by Crippen LogP contribution is -2.37. The van der Waals surface area contributed by atoms with Crippen LogP contribution in [-0.2, 0) is 0 Å². The van der Waals surface area contributed by atoms with E-state index in [0.717, 1.165) is 39.0 Å². The van der Waals surface area contributed by atoms with Crippen molar-refractivity contribution in [2.45, 2.75) is 39.7 Å². The predicted octanol–water partition coefficient (Wildman–Crippen LogP) is 1.08. The van der Waals surface area contributed by atoms with Gasteiger partial charge in [0, 0.05) is 6.04 Å². The fourth-order valence-corrected chi connectivity index (χ4v) is 1.48. The lowest BCUT2D eigenvalue weighted by atomic mass is 10.2. The molecule has 0 amide bonds. The van der Waals surface area contributed by atoms with Gasteiger partial charge in [-0.15, -0.1) is 0 Å². The average molecular weight is 202 g/mol. The molecule has 3 heteroatoms. The van der Waals surface area contributed by atoms with Gasteiger partial charge in [0.05, 0.1) is 6.61 Å². The van der Waals surface area contributed by atoms with Crippen LogP contribution in [0.3, 0.4) is 0 Å². The summed E-state index contributed by atoms with van der Waals surface area (Å²) in [6.07, 6.45) is 2.17. The third-order valence-electron chi connectivity index (χ3n) is 2.59. The number of nitrogens with one attached hydrogen (secondary N) is 1. The number of hydrogen-bond donors (Lipinski definition) is 2. The molecule has 0 radical (unpaired) electrons. The highest BCUT2D eigenvalue weighted by Gasteiger charge is 2.07. The highest BCUT2D eigenvalue weighted by atomic mass is 16.3. The molecular formula is C11H26N2O. The van der Waals surface area contributed by atoms with Crippen LogP contribution in [0.15, 0.2) is 0 Å². The summed E-state index contributed by atoms with van der Waals surface area (Å²) in [5.41, 5.74) is 0. The minimum absolute atomic E-state index is 0.251. The summed E-state index contributed by atoms with van der Waals surface area (Å²) in [4.78, 5) is 2.39. The summed E-state index contributed by atoms with van der Waals surface area (Å²) >= 11 is 0. The molecule has 86 valence electrons. The van der Waals surface area contributed by atoms with E-state index in [9.17, 15) is 0 Å². The number of hydrogen-bond acceptors (Lipinski definition) is 3. The smallest absolute Gasteiger partial charge is 0.0585 e. The lowest BCUT2D eigenvalue weighted by molar-refractivity contribution is 0.212. The molecule has 14 heavy (non-hydrogen) atoms. The van der Waals surface area contributed by atoms with Gasteiger partial charge in [0.15, 0.2) is 0 Å². The van der Waals surface area contributed by atoms with Gasteiger partial charge in [-0.3, -0.25) is 0 Å². The van der Waals surface area contributed by atoms with Crippen molar-refractivity contribution in [3.63, 3.8) is 0 Å². The molecule has 0 aliphatic heterocycles. The maximum Gasteiger partial charge on any atom is 0.0585 e. The monoisotopic (exact) mass is 202 g/mol. The third-order valence-corrected chi connectivity index (χ3v) is 2.59. The van der Waals surface area contributed by atoms with Crippen molar-refractivity contribution >= 4 is 0 Å². The molecular weight excluding hydrogens is 176 g/mol. The molecule has 0 aromatic heterocycles. The minimum atomic E-state index is 0.251. The van der Waals surface area contributed by atoms with E-state index >= 15 is 0 Å². The summed E-state index contributed by atoms with van der Waals surface area (Å²) in [5, 5.41) is 12.5. The Morgan fingerprint density at radius 3 is 2.29 bits per heavy atom. The molecule has 0 fully saturated rings. The quantitative estimate of drug-likeness (QED) is 0.587. The van der Waals surface area contributed by atoms with Gasteiger partial charge in [0.2, 0.25) is 0 Å². The largest absolute Gasteiger partial charge is 0.395 e. The summed E-state index contributed by atoms with van der Waals surface area (Å²) in [5.74, 6) is 0. The molecule has 0 spiro atoms. The summed E-state index contributed by atoms with van der Waals surface area (Å²) in [6.45, 7) is 11.0. The zero-order valence-electron chi connectivity index (χ0n) is 9.92. The van der Waals surface area contributed by atoms with Crippen molar-refractivity contribution < 1.29 is 5.11 Å². The summed E-state index contributed by atoms with van der Waals surface area (Å²) < 4.78 is 0. The normalized spacial score (nSPS) is 13.5. The molecule has 2 N–H and O–H groups in total. The van der Waals surface area contributed by atoms with Crippen LogP contribution < -0.4 is 5.32 Å². The SMILES string of the molecule is CCCNC(CO)CCN(CC)CC. The van der Waals surface area contributed by atoms with Crippen LogP contribution in [0.25, 0.3) is 0 Å². The van der Waals surface area contributed by atoms with Crippen molar-refractivity contribution in [1.82, 2.24) is 10.2 Å². The van der Waals surface area contributed by atoms with Crippen molar-refractivity contribution in [3.8, 4) is 0 Å². The van der Waals surface area contributed by atoms with E-state index in [1.54, 1.807) is 0 Å². The van der Waals surface area contributed by atoms with E-state index in [-0.39, 0.29) is 12.6 Å². The standard InChI is InChI=1S/C11H26N2O/c1-4-8-12-11(10-14)7-9-13(5-2)6-3/h11-12,14H,4-10H2,1-3H3. The van der Waals surface area contributed by atoms with Crippen LogP contribution in [0, 0.1) is 0 Å². The van der Waals surface area contributed by atoms with Gasteiger partial charge < -0.3 is 15.3 Å². The molecule has 0 aliphatic carbocycles. The van der Waals surface area contributed by atoms with Gasteiger partial charge in [-0.2, -0.15) is 0 Å². The van der Waals surface area contributed by atoms with Gasteiger partial charge in [-0.05, 0) is 39.0 Å². The maximum atomic E-state index is 9.13.